The van der Waals surface area contributed by atoms with Crippen molar-refractivity contribution in [2.75, 3.05) is 18.5 Å². The number of fused-ring (bicyclic) bond motifs is 1. The van der Waals surface area contributed by atoms with E-state index in [1.807, 2.05) is 25.1 Å². The summed E-state index contributed by atoms with van der Waals surface area (Å²) in [5.74, 6) is 1.58. The molecule has 0 fully saturated rings. The summed E-state index contributed by atoms with van der Waals surface area (Å²) in [6.45, 7) is 3.24. The van der Waals surface area contributed by atoms with Gasteiger partial charge in [0.2, 0.25) is 0 Å². The zero-order chi connectivity index (χ0) is 13.1. The molecule has 1 N–H and O–H groups in total. The van der Waals surface area contributed by atoms with Crippen LogP contribution in [-0.4, -0.2) is 23.2 Å². The topological polar surface area (TPSA) is 56.3 Å². The summed E-state index contributed by atoms with van der Waals surface area (Å²) in [6.07, 6.45) is 5.12. The maximum Gasteiger partial charge on any atom is 0.163 e. The van der Waals surface area contributed by atoms with Crippen LogP contribution in [0, 0.1) is 0 Å². The molecule has 0 amide bonds. The summed E-state index contributed by atoms with van der Waals surface area (Å²) >= 11 is 0. The third-order valence-corrected chi connectivity index (χ3v) is 2.95. The summed E-state index contributed by atoms with van der Waals surface area (Å²) < 4.78 is 11.1. The summed E-state index contributed by atoms with van der Waals surface area (Å²) in [4.78, 5) is 8.35. The van der Waals surface area contributed by atoms with Crippen LogP contribution in [0.25, 0.3) is 0 Å². The molecule has 98 valence electrons. The summed E-state index contributed by atoms with van der Waals surface area (Å²) in [5, 5.41) is 3.37. The van der Waals surface area contributed by atoms with E-state index in [1.54, 1.807) is 18.6 Å². The van der Waals surface area contributed by atoms with Gasteiger partial charge in [-0.25, -0.2) is 0 Å². The van der Waals surface area contributed by atoms with Gasteiger partial charge in [0.1, 0.15) is 13.2 Å². The van der Waals surface area contributed by atoms with Crippen molar-refractivity contribution in [1.29, 1.82) is 0 Å². The van der Waals surface area contributed by atoms with Gasteiger partial charge in [-0.1, -0.05) is 0 Å². The van der Waals surface area contributed by atoms with Crippen LogP contribution >= 0.6 is 0 Å². The van der Waals surface area contributed by atoms with Crippen molar-refractivity contribution in [3.8, 4) is 11.5 Å². The van der Waals surface area contributed by atoms with Crippen molar-refractivity contribution < 1.29 is 9.47 Å². The normalized spacial score (nSPS) is 14.8. The molecule has 3 rings (SSSR count). The number of benzene rings is 1. The molecule has 2 heterocycles. The molecule has 2 aromatic rings. The lowest BCUT2D eigenvalue weighted by Crippen LogP contribution is -2.15. The summed E-state index contributed by atoms with van der Waals surface area (Å²) in [7, 11) is 0. The highest BCUT2D eigenvalue weighted by Gasteiger charge is 2.13. The van der Waals surface area contributed by atoms with E-state index in [2.05, 4.69) is 15.3 Å². The largest absolute Gasteiger partial charge is 0.486 e. The van der Waals surface area contributed by atoms with Gasteiger partial charge in [0.15, 0.2) is 11.5 Å². The molecule has 1 aliphatic rings. The van der Waals surface area contributed by atoms with Crippen molar-refractivity contribution in [2.24, 2.45) is 0 Å². The fourth-order valence-corrected chi connectivity index (χ4v) is 1.99. The predicted molar refractivity (Wildman–Crippen MR) is 71.5 cm³/mol. The Morgan fingerprint density at radius 2 is 2.00 bits per heavy atom. The minimum absolute atomic E-state index is 0.0799. The van der Waals surface area contributed by atoms with Gasteiger partial charge in [0, 0.05) is 24.1 Å². The van der Waals surface area contributed by atoms with Gasteiger partial charge in [-0.2, -0.15) is 0 Å². The van der Waals surface area contributed by atoms with Crippen molar-refractivity contribution in [2.45, 2.75) is 13.0 Å². The number of ether oxygens (including phenoxy) is 2. The summed E-state index contributed by atoms with van der Waals surface area (Å²) in [5.41, 5.74) is 1.87. The number of nitrogens with one attached hydrogen (secondary N) is 1. The quantitative estimate of drug-likeness (QED) is 0.915. The highest BCUT2D eigenvalue weighted by atomic mass is 16.6. The van der Waals surface area contributed by atoms with Crippen molar-refractivity contribution in [1.82, 2.24) is 9.97 Å². The molecule has 1 aromatic carbocycles. The van der Waals surface area contributed by atoms with Crippen LogP contribution in [0.2, 0.25) is 0 Å². The van der Waals surface area contributed by atoms with Crippen LogP contribution < -0.4 is 14.8 Å². The van der Waals surface area contributed by atoms with Gasteiger partial charge >= 0.3 is 0 Å². The van der Waals surface area contributed by atoms with Crippen molar-refractivity contribution in [3.05, 3.63) is 42.5 Å². The second kappa shape index (κ2) is 5.14. The van der Waals surface area contributed by atoms with Gasteiger partial charge in [0.25, 0.3) is 0 Å². The Hall–Kier alpha value is -2.30. The molecule has 19 heavy (non-hydrogen) atoms. The average molecular weight is 257 g/mol. The van der Waals surface area contributed by atoms with Gasteiger partial charge in [0.05, 0.1) is 17.9 Å². The molecule has 5 nitrogen and oxygen atoms in total. The molecule has 0 saturated carbocycles. The third-order valence-electron chi connectivity index (χ3n) is 2.95. The molecular weight excluding hydrogens is 242 g/mol. The van der Waals surface area contributed by atoms with Crippen LogP contribution in [0.1, 0.15) is 18.7 Å². The van der Waals surface area contributed by atoms with E-state index >= 15 is 0 Å². The molecular formula is C14H15N3O2. The van der Waals surface area contributed by atoms with E-state index in [-0.39, 0.29) is 6.04 Å². The van der Waals surface area contributed by atoms with E-state index < -0.39 is 0 Å². The monoisotopic (exact) mass is 257 g/mol. The molecule has 5 heteroatoms. The van der Waals surface area contributed by atoms with Crippen molar-refractivity contribution >= 4 is 5.69 Å². The molecule has 0 aliphatic carbocycles. The van der Waals surface area contributed by atoms with E-state index in [1.165, 1.54) is 0 Å². The second-order valence-electron chi connectivity index (χ2n) is 4.35. The number of aromatic nitrogens is 2. The second-order valence-corrected chi connectivity index (χ2v) is 4.35. The smallest absolute Gasteiger partial charge is 0.163 e. The fraction of sp³-hybridized carbons (Fsp3) is 0.286. The molecule has 1 aromatic heterocycles. The van der Waals surface area contributed by atoms with Crippen LogP contribution in [0.3, 0.4) is 0 Å². The molecule has 0 saturated heterocycles. The van der Waals surface area contributed by atoms with E-state index in [4.69, 9.17) is 9.47 Å². The minimum Gasteiger partial charge on any atom is -0.486 e. The number of anilines is 1. The Labute approximate surface area is 111 Å². The molecule has 0 radical (unpaired) electrons. The molecule has 0 bridgehead atoms. The van der Waals surface area contributed by atoms with Gasteiger partial charge in [-0.15, -0.1) is 0 Å². The fourth-order valence-electron chi connectivity index (χ4n) is 1.99. The summed E-state index contributed by atoms with van der Waals surface area (Å²) in [6, 6.07) is 5.92. The highest BCUT2D eigenvalue weighted by Crippen LogP contribution is 2.33. The Morgan fingerprint density at radius 1 is 1.16 bits per heavy atom. The first kappa shape index (κ1) is 11.8. The zero-order valence-electron chi connectivity index (χ0n) is 10.7. The number of nitrogens with zero attached hydrogens (tertiary/aromatic N) is 2. The highest BCUT2D eigenvalue weighted by molar-refractivity contribution is 5.55. The Balaban J connectivity index is 1.76. The maximum absolute atomic E-state index is 5.56. The average Bonchev–Trinajstić information content (AvgIpc) is 2.48. The van der Waals surface area contributed by atoms with Gasteiger partial charge in [-0.3, -0.25) is 9.97 Å². The molecule has 1 aliphatic heterocycles. The maximum atomic E-state index is 5.56. The standard InChI is InChI=1S/C14H15N3O2/c1-10(12-9-15-4-5-16-12)17-11-2-3-13-14(8-11)19-7-6-18-13/h2-5,8-10,17H,6-7H2,1H3. The van der Waals surface area contributed by atoms with E-state index in [0.717, 1.165) is 22.9 Å². The van der Waals surface area contributed by atoms with E-state index in [9.17, 15) is 0 Å². The first-order chi connectivity index (χ1) is 9.33. The zero-order valence-corrected chi connectivity index (χ0v) is 10.7. The lowest BCUT2D eigenvalue weighted by molar-refractivity contribution is 0.171. The first-order valence-corrected chi connectivity index (χ1v) is 6.25. The molecule has 1 unspecified atom stereocenters. The Bertz CT molecular complexity index is 560. The SMILES string of the molecule is CC(Nc1ccc2c(c1)OCCO2)c1cnccn1. The Kier molecular flexibility index (Phi) is 3.18. The number of hydrogen-bond donors (Lipinski definition) is 1. The van der Waals surface area contributed by atoms with Crippen molar-refractivity contribution in [3.63, 3.8) is 0 Å². The van der Waals surface area contributed by atoms with Gasteiger partial charge < -0.3 is 14.8 Å². The van der Waals surface area contributed by atoms with Crippen LogP contribution in [0.15, 0.2) is 36.8 Å². The van der Waals surface area contributed by atoms with Crippen LogP contribution in [-0.2, 0) is 0 Å². The third kappa shape index (κ3) is 2.59. The van der Waals surface area contributed by atoms with Gasteiger partial charge in [-0.05, 0) is 19.1 Å². The lowest BCUT2D eigenvalue weighted by Gasteiger charge is -2.20. The number of hydrogen-bond acceptors (Lipinski definition) is 5. The van der Waals surface area contributed by atoms with Crippen LogP contribution in [0.4, 0.5) is 5.69 Å². The van der Waals surface area contributed by atoms with E-state index in [0.29, 0.717) is 13.2 Å². The lowest BCUT2D eigenvalue weighted by atomic mass is 10.2. The minimum atomic E-state index is 0.0799. The molecule has 1 atom stereocenters. The predicted octanol–water partition coefficient (Wildman–Crippen LogP) is 2.42. The Morgan fingerprint density at radius 3 is 2.79 bits per heavy atom. The first-order valence-electron chi connectivity index (χ1n) is 6.25. The van der Waals surface area contributed by atoms with Crippen LogP contribution in [0.5, 0.6) is 11.5 Å². The number of rotatable bonds is 3. The molecule has 0 spiro atoms.